The zero-order chi connectivity index (χ0) is 17.5. The zero-order valence-corrected chi connectivity index (χ0v) is 15.3. The molecule has 0 aromatic heterocycles. The van der Waals surface area contributed by atoms with Gasteiger partial charge in [0.15, 0.2) is 0 Å². The Morgan fingerprint density at radius 1 is 1.16 bits per heavy atom. The Hall–Kier alpha value is -1.59. The maximum atomic E-state index is 12.4. The molecule has 2 aliphatic rings. The van der Waals surface area contributed by atoms with Gasteiger partial charge in [0.05, 0.1) is 6.10 Å². The molecule has 5 heteroatoms. The molecule has 0 aliphatic carbocycles. The zero-order valence-electron chi connectivity index (χ0n) is 15.3. The number of amides is 2. The number of methoxy groups -OCH3 is 1. The summed E-state index contributed by atoms with van der Waals surface area (Å²) in [5.41, 5.74) is 1.37. The predicted molar refractivity (Wildman–Crippen MR) is 99.4 cm³/mol. The number of carbonyl (C=O) groups is 1. The van der Waals surface area contributed by atoms with E-state index in [0.29, 0.717) is 12.5 Å². The van der Waals surface area contributed by atoms with Gasteiger partial charge in [-0.2, -0.15) is 0 Å². The number of benzene rings is 1. The molecule has 2 fully saturated rings. The first-order valence-electron chi connectivity index (χ1n) is 9.56. The summed E-state index contributed by atoms with van der Waals surface area (Å²) in [6.45, 7) is 5.56. The molecule has 2 atom stereocenters. The van der Waals surface area contributed by atoms with Crippen molar-refractivity contribution in [1.29, 1.82) is 0 Å². The van der Waals surface area contributed by atoms with Gasteiger partial charge in [0.2, 0.25) is 0 Å². The van der Waals surface area contributed by atoms with Crippen molar-refractivity contribution >= 4 is 6.03 Å². The van der Waals surface area contributed by atoms with E-state index in [4.69, 9.17) is 4.74 Å². The van der Waals surface area contributed by atoms with E-state index >= 15 is 0 Å². The second kappa shape index (κ2) is 9.20. The number of hydrogen-bond donors (Lipinski definition) is 1. The molecular weight excluding hydrogens is 314 g/mol. The SMILES string of the molecule is CO[C@@H]1CCCN(C(=O)NC[C@H]2CCCN(Cc3ccccc3)C2)C1. The fraction of sp³-hybridized carbons (Fsp3) is 0.650. The summed E-state index contributed by atoms with van der Waals surface area (Å²) in [4.78, 5) is 16.8. The lowest BCUT2D eigenvalue weighted by atomic mass is 9.97. The van der Waals surface area contributed by atoms with E-state index in [2.05, 4.69) is 40.5 Å². The molecule has 2 aliphatic heterocycles. The van der Waals surface area contributed by atoms with Crippen LogP contribution in [-0.4, -0.2) is 61.8 Å². The topological polar surface area (TPSA) is 44.8 Å². The van der Waals surface area contributed by atoms with Gasteiger partial charge in [0, 0.05) is 39.8 Å². The number of piperidine rings is 2. The Morgan fingerprint density at radius 2 is 1.96 bits per heavy atom. The number of rotatable bonds is 5. The third-order valence-corrected chi connectivity index (χ3v) is 5.39. The Bertz CT molecular complexity index is 537. The van der Waals surface area contributed by atoms with Crippen LogP contribution in [0.3, 0.4) is 0 Å². The van der Waals surface area contributed by atoms with E-state index in [1.165, 1.54) is 18.4 Å². The molecule has 5 nitrogen and oxygen atoms in total. The lowest BCUT2D eigenvalue weighted by Gasteiger charge is -2.35. The summed E-state index contributed by atoms with van der Waals surface area (Å²) in [7, 11) is 1.73. The molecular formula is C20H31N3O2. The number of likely N-dealkylation sites (tertiary alicyclic amines) is 2. The van der Waals surface area contributed by atoms with Crippen molar-refractivity contribution in [1.82, 2.24) is 15.1 Å². The molecule has 0 bridgehead atoms. The van der Waals surface area contributed by atoms with Crippen molar-refractivity contribution in [2.24, 2.45) is 5.92 Å². The normalized spacial score (nSPS) is 24.9. The van der Waals surface area contributed by atoms with Crippen LogP contribution in [0.25, 0.3) is 0 Å². The summed E-state index contributed by atoms with van der Waals surface area (Å²) < 4.78 is 5.41. The van der Waals surface area contributed by atoms with Crippen molar-refractivity contribution in [2.75, 3.05) is 39.8 Å². The van der Waals surface area contributed by atoms with Gasteiger partial charge in [-0.1, -0.05) is 30.3 Å². The van der Waals surface area contributed by atoms with Gasteiger partial charge in [0.1, 0.15) is 0 Å². The lowest BCUT2D eigenvalue weighted by Crippen LogP contribution is -2.49. The standard InChI is InChI=1S/C20H31N3O2/c1-25-19-10-6-12-23(16-19)20(24)21-13-18-9-5-11-22(15-18)14-17-7-3-2-4-8-17/h2-4,7-8,18-19H,5-6,9-16H2,1H3,(H,21,24)/t18-,19-/m1/s1. The van der Waals surface area contributed by atoms with Crippen LogP contribution in [0.2, 0.25) is 0 Å². The molecule has 0 saturated carbocycles. The third-order valence-electron chi connectivity index (χ3n) is 5.39. The second-order valence-electron chi connectivity index (χ2n) is 7.36. The van der Waals surface area contributed by atoms with E-state index in [1.807, 2.05) is 4.90 Å². The lowest BCUT2D eigenvalue weighted by molar-refractivity contribution is 0.0431. The van der Waals surface area contributed by atoms with E-state index in [1.54, 1.807) is 7.11 Å². The smallest absolute Gasteiger partial charge is 0.317 e. The van der Waals surface area contributed by atoms with Crippen LogP contribution in [0.5, 0.6) is 0 Å². The maximum Gasteiger partial charge on any atom is 0.317 e. The summed E-state index contributed by atoms with van der Waals surface area (Å²) in [6, 6.07) is 10.7. The summed E-state index contributed by atoms with van der Waals surface area (Å²) in [6.07, 6.45) is 4.68. The number of hydrogen-bond acceptors (Lipinski definition) is 3. The first kappa shape index (κ1) is 18.2. The van der Waals surface area contributed by atoms with Crippen LogP contribution in [0, 0.1) is 5.92 Å². The fourth-order valence-electron chi connectivity index (χ4n) is 3.96. The quantitative estimate of drug-likeness (QED) is 0.892. The van der Waals surface area contributed by atoms with E-state index in [-0.39, 0.29) is 12.1 Å². The highest BCUT2D eigenvalue weighted by molar-refractivity contribution is 5.74. The average Bonchev–Trinajstić information content (AvgIpc) is 2.67. The second-order valence-corrected chi connectivity index (χ2v) is 7.36. The highest BCUT2D eigenvalue weighted by Gasteiger charge is 2.25. The number of ether oxygens (including phenoxy) is 1. The maximum absolute atomic E-state index is 12.4. The van der Waals surface area contributed by atoms with Gasteiger partial charge in [-0.05, 0) is 43.7 Å². The van der Waals surface area contributed by atoms with Gasteiger partial charge in [-0.3, -0.25) is 4.90 Å². The molecule has 0 radical (unpaired) electrons. The monoisotopic (exact) mass is 345 g/mol. The van der Waals surface area contributed by atoms with Crippen LogP contribution in [-0.2, 0) is 11.3 Å². The molecule has 138 valence electrons. The van der Waals surface area contributed by atoms with Crippen LogP contribution in [0.1, 0.15) is 31.2 Å². The fourth-order valence-corrected chi connectivity index (χ4v) is 3.96. The number of urea groups is 1. The largest absolute Gasteiger partial charge is 0.380 e. The van der Waals surface area contributed by atoms with Gasteiger partial charge < -0.3 is 15.0 Å². The Labute approximate surface area is 151 Å². The van der Waals surface area contributed by atoms with E-state index < -0.39 is 0 Å². The van der Waals surface area contributed by atoms with Crippen LogP contribution in [0.15, 0.2) is 30.3 Å². The molecule has 25 heavy (non-hydrogen) atoms. The Kier molecular flexibility index (Phi) is 6.70. The average molecular weight is 345 g/mol. The summed E-state index contributed by atoms with van der Waals surface area (Å²) >= 11 is 0. The van der Waals surface area contributed by atoms with Gasteiger partial charge in [-0.15, -0.1) is 0 Å². The van der Waals surface area contributed by atoms with Gasteiger partial charge in [0.25, 0.3) is 0 Å². The van der Waals surface area contributed by atoms with Crippen molar-refractivity contribution in [3.63, 3.8) is 0 Å². The van der Waals surface area contributed by atoms with Crippen LogP contribution < -0.4 is 5.32 Å². The third kappa shape index (κ3) is 5.44. The highest BCUT2D eigenvalue weighted by atomic mass is 16.5. The molecule has 0 spiro atoms. The van der Waals surface area contributed by atoms with Crippen molar-refractivity contribution < 1.29 is 9.53 Å². The van der Waals surface area contributed by atoms with Gasteiger partial charge in [-0.25, -0.2) is 4.79 Å². The summed E-state index contributed by atoms with van der Waals surface area (Å²) in [5.74, 6) is 0.546. The van der Waals surface area contributed by atoms with E-state index in [0.717, 1.165) is 45.6 Å². The first-order chi connectivity index (χ1) is 12.2. The Morgan fingerprint density at radius 3 is 2.76 bits per heavy atom. The number of nitrogens with zero attached hydrogens (tertiary/aromatic N) is 2. The van der Waals surface area contributed by atoms with Crippen molar-refractivity contribution in [3.05, 3.63) is 35.9 Å². The van der Waals surface area contributed by atoms with Crippen molar-refractivity contribution in [3.8, 4) is 0 Å². The van der Waals surface area contributed by atoms with Crippen molar-refractivity contribution in [2.45, 2.75) is 38.3 Å². The molecule has 2 heterocycles. The van der Waals surface area contributed by atoms with E-state index in [9.17, 15) is 4.79 Å². The van der Waals surface area contributed by atoms with Gasteiger partial charge >= 0.3 is 6.03 Å². The minimum atomic E-state index is 0.0712. The molecule has 2 saturated heterocycles. The molecule has 1 aromatic carbocycles. The molecule has 3 rings (SSSR count). The molecule has 0 unspecified atom stereocenters. The predicted octanol–water partition coefficient (Wildman–Crippen LogP) is 2.72. The Balaban J connectivity index is 1.42. The number of nitrogens with one attached hydrogen (secondary N) is 1. The molecule has 1 N–H and O–H groups in total. The molecule has 2 amide bonds. The molecule has 1 aromatic rings. The van der Waals surface area contributed by atoms with Crippen LogP contribution >= 0.6 is 0 Å². The summed E-state index contributed by atoms with van der Waals surface area (Å²) in [5, 5.41) is 3.16. The minimum Gasteiger partial charge on any atom is -0.380 e. The minimum absolute atomic E-state index is 0.0712. The first-order valence-corrected chi connectivity index (χ1v) is 9.56. The van der Waals surface area contributed by atoms with Crippen LogP contribution in [0.4, 0.5) is 4.79 Å². The highest BCUT2D eigenvalue weighted by Crippen LogP contribution is 2.18. The number of carbonyl (C=O) groups excluding carboxylic acids is 1.